The molecule has 106 valence electrons. The second kappa shape index (κ2) is 6.27. The van der Waals surface area contributed by atoms with Crippen molar-refractivity contribution in [1.82, 2.24) is 9.97 Å². The summed E-state index contributed by atoms with van der Waals surface area (Å²) in [6, 6.07) is 5.94. The molecule has 3 nitrogen and oxygen atoms in total. The molecule has 0 bridgehead atoms. The Kier molecular flexibility index (Phi) is 4.41. The van der Waals surface area contributed by atoms with Crippen LogP contribution in [0.15, 0.2) is 22.7 Å². The maximum Gasteiger partial charge on any atom is 0.224 e. The van der Waals surface area contributed by atoms with E-state index in [1.54, 1.807) is 0 Å². The second-order valence-corrected chi connectivity index (χ2v) is 6.38. The summed E-state index contributed by atoms with van der Waals surface area (Å²) in [6.07, 6.45) is 5.16. The molecule has 0 unspecified atom stereocenters. The van der Waals surface area contributed by atoms with Crippen molar-refractivity contribution in [2.45, 2.75) is 31.6 Å². The first-order chi connectivity index (χ1) is 9.76. The van der Waals surface area contributed by atoms with Gasteiger partial charge in [0.25, 0.3) is 0 Å². The normalized spacial score (nSPS) is 15.9. The van der Waals surface area contributed by atoms with Crippen molar-refractivity contribution in [1.29, 1.82) is 0 Å². The van der Waals surface area contributed by atoms with Gasteiger partial charge in [-0.25, -0.2) is 4.98 Å². The van der Waals surface area contributed by atoms with E-state index in [0.717, 1.165) is 22.0 Å². The van der Waals surface area contributed by atoms with Crippen molar-refractivity contribution in [3.63, 3.8) is 0 Å². The topological polar surface area (TPSA) is 35.0 Å². The lowest BCUT2D eigenvalue weighted by Gasteiger charge is -2.13. The summed E-state index contributed by atoms with van der Waals surface area (Å²) in [6.45, 7) is 0.740. The van der Waals surface area contributed by atoms with Crippen LogP contribution in [0.25, 0.3) is 10.9 Å². The summed E-state index contributed by atoms with van der Waals surface area (Å²) in [4.78, 5) is 8.87. The monoisotopic (exact) mass is 354 g/mol. The molecule has 1 aliphatic carbocycles. The van der Waals surface area contributed by atoms with Crippen LogP contribution in [0.1, 0.15) is 31.5 Å². The van der Waals surface area contributed by atoms with E-state index in [4.69, 9.17) is 16.3 Å². The van der Waals surface area contributed by atoms with Crippen LogP contribution in [0.4, 0.5) is 0 Å². The van der Waals surface area contributed by atoms with Gasteiger partial charge < -0.3 is 4.74 Å². The van der Waals surface area contributed by atoms with Gasteiger partial charge in [0.2, 0.25) is 5.88 Å². The number of alkyl halides is 1. The van der Waals surface area contributed by atoms with Crippen LogP contribution in [0.5, 0.6) is 5.88 Å². The van der Waals surface area contributed by atoms with E-state index in [-0.39, 0.29) is 0 Å². The zero-order chi connectivity index (χ0) is 13.9. The molecule has 0 radical (unpaired) electrons. The third kappa shape index (κ3) is 3.07. The maximum absolute atomic E-state index is 5.96. The molecular formula is C15H16BrClN2O. The Bertz CT molecular complexity index is 614. The minimum atomic E-state index is 0.294. The van der Waals surface area contributed by atoms with Crippen LogP contribution < -0.4 is 4.74 Å². The van der Waals surface area contributed by atoms with Gasteiger partial charge in [0.05, 0.1) is 23.4 Å². The molecule has 0 atom stereocenters. The van der Waals surface area contributed by atoms with E-state index in [9.17, 15) is 0 Å². The lowest BCUT2D eigenvalue weighted by molar-refractivity contribution is 0.246. The van der Waals surface area contributed by atoms with Gasteiger partial charge in [0.1, 0.15) is 5.82 Å². The fourth-order valence-corrected chi connectivity index (χ4v) is 3.13. The number of hydrogen-bond acceptors (Lipinski definition) is 3. The number of nitrogens with zero attached hydrogens (tertiary/aromatic N) is 2. The summed E-state index contributed by atoms with van der Waals surface area (Å²) in [5, 5.41) is 0.945. The van der Waals surface area contributed by atoms with Gasteiger partial charge in [-0.1, -0.05) is 28.8 Å². The Balaban J connectivity index is 1.90. The number of halogens is 2. The highest BCUT2D eigenvalue weighted by molar-refractivity contribution is 9.10. The highest BCUT2D eigenvalue weighted by Gasteiger charge is 2.17. The van der Waals surface area contributed by atoms with Crippen molar-refractivity contribution >= 4 is 38.4 Å². The molecule has 1 aromatic carbocycles. The fourth-order valence-electron chi connectivity index (χ4n) is 2.66. The second-order valence-electron chi connectivity index (χ2n) is 5.20. The van der Waals surface area contributed by atoms with Gasteiger partial charge in [-0.3, -0.25) is 0 Å². The first kappa shape index (κ1) is 14.1. The van der Waals surface area contributed by atoms with Gasteiger partial charge in [0.15, 0.2) is 0 Å². The maximum atomic E-state index is 5.96. The highest BCUT2D eigenvalue weighted by atomic mass is 79.9. The molecule has 0 N–H and O–H groups in total. The minimum Gasteiger partial charge on any atom is -0.477 e. The fraction of sp³-hybridized carbons (Fsp3) is 0.467. The SMILES string of the molecule is ClCc1nc(OCC2CCCC2)c2ccc(Br)cc2n1. The zero-order valence-electron chi connectivity index (χ0n) is 11.1. The van der Waals surface area contributed by atoms with Crippen molar-refractivity contribution in [3.05, 3.63) is 28.5 Å². The molecular weight excluding hydrogens is 340 g/mol. The number of aromatic nitrogens is 2. The molecule has 1 saturated carbocycles. The van der Waals surface area contributed by atoms with E-state index in [1.165, 1.54) is 25.7 Å². The lowest BCUT2D eigenvalue weighted by Crippen LogP contribution is -2.10. The average Bonchev–Trinajstić information content (AvgIpc) is 2.97. The summed E-state index contributed by atoms with van der Waals surface area (Å²) < 4.78 is 6.95. The van der Waals surface area contributed by atoms with Gasteiger partial charge >= 0.3 is 0 Å². The third-order valence-corrected chi connectivity index (χ3v) is 4.45. The standard InChI is InChI=1S/C15H16BrClN2O/c16-11-5-6-12-13(7-11)18-14(8-17)19-15(12)20-9-10-3-1-2-4-10/h5-7,10H,1-4,8-9H2. The van der Waals surface area contributed by atoms with E-state index < -0.39 is 0 Å². The molecule has 1 aliphatic rings. The van der Waals surface area contributed by atoms with Crippen molar-refractivity contribution < 1.29 is 4.74 Å². The molecule has 1 fully saturated rings. The number of hydrogen-bond donors (Lipinski definition) is 0. The number of ether oxygens (including phenoxy) is 1. The summed E-state index contributed by atoms with van der Waals surface area (Å²) in [5.74, 6) is 2.22. The predicted molar refractivity (Wildman–Crippen MR) is 84.2 cm³/mol. The van der Waals surface area contributed by atoms with Gasteiger partial charge in [-0.2, -0.15) is 4.98 Å². The molecule has 2 aromatic rings. The van der Waals surface area contributed by atoms with Gasteiger partial charge in [-0.15, -0.1) is 11.6 Å². The minimum absolute atomic E-state index is 0.294. The van der Waals surface area contributed by atoms with E-state index in [1.807, 2.05) is 18.2 Å². The van der Waals surface area contributed by atoms with Crippen molar-refractivity contribution in [2.24, 2.45) is 5.92 Å². The Morgan fingerprint density at radius 1 is 1.25 bits per heavy atom. The Morgan fingerprint density at radius 3 is 2.80 bits per heavy atom. The largest absolute Gasteiger partial charge is 0.477 e. The van der Waals surface area contributed by atoms with Crippen LogP contribution in [0.3, 0.4) is 0 Å². The highest BCUT2D eigenvalue weighted by Crippen LogP contribution is 2.29. The molecule has 20 heavy (non-hydrogen) atoms. The molecule has 0 aliphatic heterocycles. The summed E-state index contributed by atoms with van der Waals surface area (Å²) >= 11 is 9.34. The Morgan fingerprint density at radius 2 is 2.05 bits per heavy atom. The van der Waals surface area contributed by atoms with Gasteiger partial charge in [0, 0.05) is 4.47 Å². The van der Waals surface area contributed by atoms with E-state index in [2.05, 4.69) is 25.9 Å². The van der Waals surface area contributed by atoms with E-state index in [0.29, 0.717) is 23.5 Å². The molecule has 5 heteroatoms. The zero-order valence-corrected chi connectivity index (χ0v) is 13.5. The number of rotatable bonds is 4. The summed E-state index contributed by atoms with van der Waals surface area (Å²) in [7, 11) is 0. The van der Waals surface area contributed by atoms with Crippen LogP contribution in [-0.2, 0) is 5.88 Å². The van der Waals surface area contributed by atoms with E-state index >= 15 is 0 Å². The molecule has 0 saturated heterocycles. The van der Waals surface area contributed by atoms with Crippen molar-refractivity contribution in [2.75, 3.05) is 6.61 Å². The molecule has 1 aromatic heterocycles. The van der Waals surface area contributed by atoms with Gasteiger partial charge in [-0.05, 0) is 37.0 Å². The number of fused-ring (bicyclic) bond motifs is 1. The van der Waals surface area contributed by atoms with Crippen molar-refractivity contribution in [3.8, 4) is 5.88 Å². The predicted octanol–water partition coefficient (Wildman–Crippen LogP) is 4.70. The average molecular weight is 356 g/mol. The van der Waals surface area contributed by atoms with Crippen LogP contribution in [0.2, 0.25) is 0 Å². The quantitative estimate of drug-likeness (QED) is 0.746. The van der Waals surface area contributed by atoms with Crippen LogP contribution in [-0.4, -0.2) is 16.6 Å². The molecule has 0 amide bonds. The third-order valence-electron chi connectivity index (χ3n) is 3.72. The summed E-state index contributed by atoms with van der Waals surface area (Å²) in [5.41, 5.74) is 0.867. The first-order valence-corrected chi connectivity index (χ1v) is 8.24. The first-order valence-electron chi connectivity index (χ1n) is 6.91. The number of benzene rings is 1. The smallest absolute Gasteiger partial charge is 0.224 e. The van der Waals surface area contributed by atoms with Crippen LogP contribution in [0, 0.1) is 5.92 Å². The lowest BCUT2D eigenvalue weighted by atomic mass is 10.1. The molecule has 0 spiro atoms. The Labute approximate surface area is 131 Å². The van der Waals surface area contributed by atoms with Crippen LogP contribution >= 0.6 is 27.5 Å². The Hall–Kier alpha value is -0.870. The molecule has 1 heterocycles. The molecule has 3 rings (SSSR count).